The average Bonchev–Trinajstić information content (AvgIpc) is 3.15. The van der Waals surface area contributed by atoms with Crippen LogP contribution in [0.15, 0.2) is 53.3 Å². The largest absolute Gasteiger partial charge is 0.496 e. The van der Waals surface area contributed by atoms with Crippen molar-refractivity contribution in [3.05, 3.63) is 60.0 Å². The molecule has 0 aliphatic rings. The fourth-order valence-electron chi connectivity index (χ4n) is 2.41. The van der Waals surface area contributed by atoms with Gasteiger partial charge in [0.2, 0.25) is 0 Å². The van der Waals surface area contributed by atoms with Crippen LogP contribution >= 0.6 is 0 Å². The lowest BCUT2D eigenvalue weighted by molar-refractivity contribution is 0.0916. The maximum Gasteiger partial charge on any atom is 0.181 e. The van der Waals surface area contributed by atoms with Crippen molar-refractivity contribution in [2.24, 2.45) is 0 Å². The zero-order chi connectivity index (χ0) is 18.2. The third-order valence-corrected chi connectivity index (χ3v) is 3.64. The quantitative estimate of drug-likeness (QED) is 0.608. The van der Waals surface area contributed by atoms with E-state index in [4.69, 9.17) is 9.15 Å². The van der Waals surface area contributed by atoms with Crippen LogP contribution in [0.3, 0.4) is 0 Å². The van der Waals surface area contributed by atoms with Crippen molar-refractivity contribution in [2.45, 2.75) is 26.7 Å². The van der Waals surface area contributed by atoms with Crippen LogP contribution in [0.1, 0.15) is 47.4 Å². The van der Waals surface area contributed by atoms with Crippen LogP contribution in [-0.4, -0.2) is 23.7 Å². The van der Waals surface area contributed by atoms with Gasteiger partial charge in [-0.2, -0.15) is 0 Å². The second-order valence-corrected chi connectivity index (χ2v) is 5.08. The van der Waals surface area contributed by atoms with Crippen LogP contribution in [0.5, 0.6) is 5.75 Å². The van der Waals surface area contributed by atoms with Gasteiger partial charge in [-0.25, -0.2) is 4.98 Å². The third kappa shape index (κ3) is 4.32. The molecule has 0 aliphatic carbocycles. The van der Waals surface area contributed by atoms with E-state index in [0.29, 0.717) is 28.0 Å². The molecule has 0 unspecified atom stereocenters. The lowest BCUT2D eigenvalue weighted by Crippen LogP contribution is -2.06. The zero-order valence-corrected chi connectivity index (χ0v) is 14.6. The first-order valence-corrected chi connectivity index (χ1v) is 8.21. The molecule has 0 saturated heterocycles. The molecular weight excluding hydrogens is 318 g/mol. The summed E-state index contributed by atoms with van der Waals surface area (Å²) in [6.45, 7) is 4.00. The van der Waals surface area contributed by atoms with Gasteiger partial charge in [-0.3, -0.25) is 9.59 Å². The third-order valence-electron chi connectivity index (χ3n) is 3.64. The fourth-order valence-corrected chi connectivity index (χ4v) is 2.41. The van der Waals surface area contributed by atoms with E-state index in [0.717, 1.165) is 0 Å². The molecule has 5 nitrogen and oxygen atoms in total. The van der Waals surface area contributed by atoms with Crippen molar-refractivity contribution in [1.29, 1.82) is 0 Å². The molecular formula is C20H21NO4. The van der Waals surface area contributed by atoms with E-state index in [1.807, 2.05) is 13.8 Å². The average molecular weight is 339 g/mol. The van der Waals surface area contributed by atoms with E-state index in [9.17, 15) is 9.59 Å². The molecule has 25 heavy (non-hydrogen) atoms. The number of methoxy groups -OCH3 is 1. The molecule has 0 amide bonds. The lowest BCUT2D eigenvalue weighted by atomic mass is 10.0. The standard InChI is InChI=1S/C18H15NO4.C2H6/c1-22-17-5-3-2-4-13(17)16(21)8-7-15(20)12-6-9-18-14(10-12)19-11-23-18;1-2/h2-6,9-11H,7-8H2,1H3;1-2H3. The first kappa shape index (κ1) is 18.4. The Hall–Kier alpha value is -2.95. The molecule has 3 rings (SSSR count). The van der Waals surface area contributed by atoms with E-state index < -0.39 is 0 Å². The number of para-hydroxylation sites is 1. The van der Waals surface area contributed by atoms with Crippen LogP contribution in [0.4, 0.5) is 0 Å². The number of ketones is 2. The summed E-state index contributed by atoms with van der Waals surface area (Å²) in [6, 6.07) is 12.1. The number of benzene rings is 2. The maximum absolute atomic E-state index is 12.3. The number of nitrogens with zero attached hydrogens (tertiary/aromatic N) is 1. The smallest absolute Gasteiger partial charge is 0.181 e. The van der Waals surface area contributed by atoms with Gasteiger partial charge in [0, 0.05) is 18.4 Å². The molecule has 0 fully saturated rings. The van der Waals surface area contributed by atoms with E-state index in [2.05, 4.69) is 4.98 Å². The van der Waals surface area contributed by atoms with Gasteiger partial charge in [0.05, 0.1) is 12.7 Å². The van der Waals surface area contributed by atoms with Gasteiger partial charge in [0.25, 0.3) is 0 Å². The number of aromatic nitrogens is 1. The predicted octanol–water partition coefficient (Wildman–Crippen LogP) is 4.71. The van der Waals surface area contributed by atoms with Crippen molar-refractivity contribution < 1.29 is 18.7 Å². The van der Waals surface area contributed by atoms with Gasteiger partial charge in [-0.15, -0.1) is 0 Å². The van der Waals surface area contributed by atoms with E-state index in [1.54, 1.807) is 42.5 Å². The highest BCUT2D eigenvalue weighted by Crippen LogP contribution is 2.21. The second kappa shape index (κ2) is 8.78. The molecule has 0 radical (unpaired) electrons. The normalized spacial score (nSPS) is 10.0. The maximum atomic E-state index is 12.3. The topological polar surface area (TPSA) is 69.4 Å². The van der Waals surface area contributed by atoms with E-state index in [1.165, 1.54) is 13.5 Å². The Labute approximate surface area is 146 Å². The molecule has 0 atom stereocenters. The monoisotopic (exact) mass is 339 g/mol. The minimum absolute atomic E-state index is 0.0989. The first-order valence-electron chi connectivity index (χ1n) is 8.21. The molecule has 1 heterocycles. The summed E-state index contributed by atoms with van der Waals surface area (Å²) in [6.07, 6.45) is 1.61. The van der Waals surface area contributed by atoms with Gasteiger partial charge in [-0.05, 0) is 30.3 Å². The zero-order valence-electron chi connectivity index (χ0n) is 14.6. The van der Waals surface area contributed by atoms with Crippen LogP contribution in [-0.2, 0) is 0 Å². The predicted molar refractivity (Wildman–Crippen MR) is 96.2 cm³/mol. The van der Waals surface area contributed by atoms with Crippen LogP contribution < -0.4 is 4.74 Å². The van der Waals surface area contributed by atoms with Crippen molar-refractivity contribution in [1.82, 2.24) is 4.98 Å². The summed E-state index contributed by atoms with van der Waals surface area (Å²) < 4.78 is 10.3. The van der Waals surface area contributed by atoms with Crippen molar-refractivity contribution in [2.75, 3.05) is 7.11 Å². The molecule has 0 bridgehead atoms. The highest BCUT2D eigenvalue weighted by molar-refractivity contribution is 6.04. The molecule has 5 heteroatoms. The molecule has 2 aromatic carbocycles. The summed E-state index contributed by atoms with van der Waals surface area (Å²) in [5.41, 5.74) is 2.28. The van der Waals surface area contributed by atoms with Gasteiger partial charge < -0.3 is 9.15 Å². The Morgan fingerprint density at radius 1 is 1.04 bits per heavy atom. The van der Waals surface area contributed by atoms with E-state index >= 15 is 0 Å². The highest BCUT2D eigenvalue weighted by atomic mass is 16.5. The Morgan fingerprint density at radius 3 is 2.52 bits per heavy atom. The lowest BCUT2D eigenvalue weighted by Gasteiger charge is -2.07. The van der Waals surface area contributed by atoms with Crippen LogP contribution in [0.2, 0.25) is 0 Å². The number of carbonyl (C=O) groups excluding carboxylic acids is 2. The molecule has 0 aliphatic heterocycles. The minimum atomic E-state index is -0.113. The van der Waals surface area contributed by atoms with Gasteiger partial charge in [-0.1, -0.05) is 26.0 Å². The highest BCUT2D eigenvalue weighted by Gasteiger charge is 2.15. The second-order valence-electron chi connectivity index (χ2n) is 5.08. The summed E-state index contributed by atoms with van der Waals surface area (Å²) in [7, 11) is 1.52. The van der Waals surface area contributed by atoms with Crippen LogP contribution in [0, 0.1) is 0 Å². The van der Waals surface area contributed by atoms with Crippen molar-refractivity contribution in [3.63, 3.8) is 0 Å². The molecule has 0 N–H and O–H groups in total. The summed E-state index contributed by atoms with van der Waals surface area (Å²) in [5, 5.41) is 0. The molecule has 0 spiro atoms. The molecule has 130 valence electrons. The summed E-state index contributed by atoms with van der Waals surface area (Å²) in [5.74, 6) is 0.311. The number of carbonyl (C=O) groups is 2. The van der Waals surface area contributed by atoms with Gasteiger partial charge >= 0.3 is 0 Å². The number of ether oxygens (including phenoxy) is 1. The van der Waals surface area contributed by atoms with Crippen molar-refractivity contribution >= 4 is 22.7 Å². The van der Waals surface area contributed by atoms with E-state index in [-0.39, 0.29) is 24.4 Å². The SMILES string of the molecule is CC.COc1ccccc1C(=O)CCC(=O)c1ccc2ocnc2c1. The minimum Gasteiger partial charge on any atom is -0.496 e. The number of fused-ring (bicyclic) bond motifs is 1. The Balaban J connectivity index is 0.00000109. The number of hydrogen-bond acceptors (Lipinski definition) is 5. The molecule has 0 saturated carbocycles. The van der Waals surface area contributed by atoms with Crippen LogP contribution in [0.25, 0.3) is 11.1 Å². The molecule has 1 aromatic heterocycles. The van der Waals surface area contributed by atoms with Gasteiger partial charge in [0.15, 0.2) is 23.5 Å². The Kier molecular flexibility index (Phi) is 6.46. The summed E-state index contributed by atoms with van der Waals surface area (Å²) >= 11 is 0. The fraction of sp³-hybridized carbons (Fsp3) is 0.250. The number of Topliss-reactive ketones (excluding diaryl/α,β-unsaturated/α-hetero) is 2. The molecule has 3 aromatic rings. The number of rotatable bonds is 6. The number of hydrogen-bond donors (Lipinski definition) is 0. The Morgan fingerprint density at radius 2 is 1.76 bits per heavy atom. The van der Waals surface area contributed by atoms with Gasteiger partial charge in [0.1, 0.15) is 11.3 Å². The summed E-state index contributed by atoms with van der Waals surface area (Å²) in [4.78, 5) is 28.6. The Bertz CT molecular complexity index is 867. The number of oxazole rings is 1. The first-order chi connectivity index (χ1) is 12.2. The van der Waals surface area contributed by atoms with Crippen molar-refractivity contribution in [3.8, 4) is 5.75 Å².